The molecule has 0 bridgehead atoms. The van der Waals surface area contributed by atoms with E-state index < -0.39 is 0 Å². The van der Waals surface area contributed by atoms with Gasteiger partial charge in [0.25, 0.3) is 5.91 Å². The van der Waals surface area contributed by atoms with Gasteiger partial charge in [-0.25, -0.2) is 0 Å². The molecule has 1 aliphatic rings. The lowest BCUT2D eigenvalue weighted by Crippen LogP contribution is -2.50. The molecule has 0 saturated carbocycles. The van der Waals surface area contributed by atoms with Gasteiger partial charge in [-0.15, -0.1) is 0 Å². The van der Waals surface area contributed by atoms with E-state index in [4.69, 9.17) is 16.1 Å². The number of benzene rings is 1. The van der Waals surface area contributed by atoms with Crippen molar-refractivity contribution in [1.82, 2.24) is 15.0 Å². The molecule has 26 heavy (non-hydrogen) atoms. The molecule has 0 aliphatic carbocycles. The summed E-state index contributed by atoms with van der Waals surface area (Å²) in [4.78, 5) is 28.5. The zero-order valence-electron chi connectivity index (χ0n) is 14.2. The number of nitrogens with zero attached hydrogens (tertiary/aromatic N) is 3. The van der Waals surface area contributed by atoms with Crippen LogP contribution in [0, 0.1) is 6.92 Å². The number of anilines is 1. The van der Waals surface area contributed by atoms with Crippen LogP contribution in [0.5, 0.6) is 0 Å². The topological polar surface area (TPSA) is 78.7 Å². The Labute approximate surface area is 164 Å². The molecule has 0 atom stereocenters. The van der Waals surface area contributed by atoms with Crippen LogP contribution < -0.4 is 5.32 Å². The second-order valence-electron chi connectivity index (χ2n) is 6.06. The van der Waals surface area contributed by atoms with Crippen molar-refractivity contribution < 1.29 is 14.1 Å². The van der Waals surface area contributed by atoms with E-state index in [1.807, 2.05) is 4.90 Å². The van der Waals surface area contributed by atoms with Gasteiger partial charge in [-0.3, -0.25) is 14.5 Å². The fourth-order valence-electron chi connectivity index (χ4n) is 2.75. The zero-order valence-corrected chi connectivity index (χ0v) is 16.5. The predicted molar refractivity (Wildman–Crippen MR) is 101 cm³/mol. The van der Waals surface area contributed by atoms with Crippen molar-refractivity contribution in [2.24, 2.45) is 0 Å². The number of amides is 2. The molecular formula is C17H18BrClN4O3. The Bertz CT molecular complexity index is 818. The molecule has 1 aromatic carbocycles. The van der Waals surface area contributed by atoms with E-state index in [-0.39, 0.29) is 18.4 Å². The smallest absolute Gasteiger partial charge is 0.255 e. The molecule has 1 aromatic heterocycles. The van der Waals surface area contributed by atoms with E-state index in [0.29, 0.717) is 48.3 Å². The molecule has 1 aliphatic heterocycles. The molecule has 0 radical (unpaired) electrons. The number of carbonyl (C=O) groups is 2. The summed E-state index contributed by atoms with van der Waals surface area (Å²) in [6.45, 7) is 4.31. The molecule has 1 N–H and O–H groups in total. The third-order valence-corrected chi connectivity index (χ3v) is 4.90. The molecule has 138 valence electrons. The molecular weight excluding hydrogens is 424 g/mol. The summed E-state index contributed by atoms with van der Waals surface area (Å²) in [5, 5.41) is 6.87. The van der Waals surface area contributed by atoms with Crippen LogP contribution in [0.2, 0.25) is 5.02 Å². The Morgan fingerprint density at radius 1 is 1.27 bits per heavy atom. The second-order valence-corrected chi connectivity index (χ2v) is 7.39. The number of hydrogen-bond donors (Lipinski definition) is 1. The number of nitrogens with one attached hydrogen (secondary N) is 1. The van der Waals surface area contributed by atoms with Crippen molar-refractivity contribution >= 4 is 45.2 Å². The van der Waals surface area contributed by atoms with Gasteiger partial charge < -0.3 is 14.7 Å². The van der Waals surface area contributed by atoms with Gasteiger partial charge in [0.2, 0.25) is 5.91 Å². The van der Waals surface area contributed by atoms with Gasteiger partial charge in [0.05, 0.1) is 17.1 Å². The van der Waals surface area contributed by atoms with Gasteiger partial charge in [0, 0.05) is 36.7 Å². The lowest BCUT2D eigenvalue weighted by molar-refractivity contribution is -0.117. The van der Waals surface area contributed by atoms with Crippen molar-refractivity contribution in [2.45, 2.75) is 6.92 Å². The summed E-state index contributed by atoms with van der Waals surface area (Å²) in [7, 11) is 0. The molecule has 0 spiro atoms. The van der Waals surface area contributed by atoms with Crippen molar-refractivity contribution in [1.29, 1.82) is 0 Å². The minimum atomic E-state index is -0.159. The van der Waals surface area contributed by atoms with E-state index in [0.717, 1.165) is 4.47 Å². The lowest BCUT2D eigenvalue weighted by Gasteiger charge is -2.34. The maximum atomic E-state index is 12.6. The molecule has 0 unspecified atom stereocenters. The van der Waals surface area contributed by atoms with E-state index >= 15 is 0 Å². The van der Waals surface area contributed by atoms with Crippen molar-refractivity contribution in [3.8, 4) is 0 Å². The second kappa shape index (κ2) is 8.20. The Balaban J connectivity index is 1.51. The van der Waals surface area contributed by atoms with Crippen molar-refractivity contribution in [3.05, 3.63) is 45.1 Å². The Hall–Kier alpha value is -1.90. The fourth-order valence-corrected chi connectivity index (χ4v) is 3.31. The summed E-state index contributed by atoms with van der Waals surface area (Å²) in [5.41, 5.74) is 0.480. The monoisotopic (exact) mass is 440 g/mol. The number of carbonyl (C=O) groups excluding carboxylic acids is 2. The van der Waals surface area contributed by atoms with Crippen LogP contribution in [-0.4, -0.2) is 59.5 Å². The molecule has 2 aromatic rings. The highest BCUT2D eigenvalue weighted by atomic mass is 79.9. The largest absolute Gasteiger partial charge is 0.360 e. The van der Waals surface area contributed by atoms with Crippen molar-refractivity contribution in [2.75, 3.05) is 38.0 Å². The maximum absolute atomic E-state index is 12.6. The highest BCUT2D eigenvalue weighted by Gasteiger charge is 2.25. The highest BCUT2D eigenvalue weighted by Crippen LogP contribution is 2.23. The number of aryl methyl sites for hydroxylation is 1. The van der Waals surface area contributed by atoms with Crippen molar-refractivity contribution in [3.63, 3.8) is 0 Å². The van der Waals surface area contributed by atoms with Crippen LogP contribution in [0.4, 0.5) is 5.82 Å². The van der Waals surface area contributed by atoms with Gasteiger partial charge in [0.1, 0.15) is 5.76 Å². The third-order valence-electron chi connectivity index (χ3n) is 4.08. The first-order valence-electron chi connectivity index (χ1n) is 8.12. The predicted octanol–water partition coefficient (Wildman–Crippen LogP) is 2.80. The van der Waals surface area contributed by atoms with Crippen LogP contribution in [0.25, 0.3) is 0 Å². The third kappa shape index (κ3) is 4.63. The summed E-state index contributed by atoms with van der Waals surface area (Å²) in [5.74, 6) is 0.788. The molecule has 1 fully saturated rings. The maximum Gasteiger partial charge on any atom is 0.255 e. The zero-order chi connectivity index (χ0) is 18.7. The molecule has 1 saturated heterocycles. The van der Waals surface area contributed by atoms with Crippen LogP contribution in [0.1, 0.15) is 16.1 Å². The normalized spacial score (nSPS) is 15.1. The highest BCUT2D eigenvalue weighted by molar-refractivity contribution is 9.10. The first-order valence-corrected chi connectivity index (χ1v) is 9.29. The Morgan fingerprint density at radius 3 is 2.65 bits per heavy atom. The van der Waals surface area contributed by atoms with Crippen LogP contribution in [0.15, 0.2) is 33.3 Å². The van der Waals surface area contributed by atoms with Gasteiger partial charge in [-0.2, -0.15) is 0 Å². The number of rotatable bonds is 4. The molecule has 7 nitrogen and oxygen atoms in total. The van der Waals surface area contributed by atoms with Gasteiger partial charge >= 0.3 is 0 Å². The Kier molecular flexibility index (Phi) is 5.95. The average Bonchev–Trinajstić information content (AvgIpc) is 3.01. The quantitative estimate of drug-likeness (QED) is 0.789. The average molecular weight is 442 g/mol. The molecule has 9 heteroatoms. The Morgan fingerprint density at radius 2 is 2.00 bits per heavy atom. The van der Waals surface area contributed by atoms with Crippen LogP contribution >= 0.6 is 27.5 Å². The number of hydrogen-bond acceptors (Lipinski definition) is 5. The number of halogens is 2. The summed E-state index contributed by atoms with van der Waals surface area (Å²) < 4.78 is 5.73. The van der Waals surface area contributed by atoms with Gasteiger partial charge in [-0.05, 0) is 25.1 Å². The molecule has 2 heterocycles. The fraction of sp³-hybridized carbons (Fsp3) is 0.353. The standard InChI is InChI=1S/C17H18BrClN4O3/c1-11-8-15(21-26-11)20-16(24)10-22-4-6-23(7-5-22)17(25)13-9-12(18)2-3-14(13)19/h2-3,8-9H,4-7,10H2,1H3,(H,20,21,24). The molecule has 3 rings (SSSR count). The minimum Gasteiger partial charge on any atom is -0.360 e. The van der Waals surface area contributed by atoms with E-state index in [1.165, 1.54) is 0 Å². The minimum absolute atomic E-state index is 0.0986. The summed E-state index contributed by atoms with van der Waals surface area (Å²) >= 11 is 9.50. The van der Waals surface area contributed by atoms with Crippen LogP contribution in [0.3, 0.4) is 0 Å². The van der Waals surface area contributed by atoms with E-state index in [1.54, 1.807) is 36.1 Å². The van der Waals surface area contributed by atoms with Crippen LogP contribution in [-0.2, 0) is 4.79 Å². The summed E-state index contributed by atoms with van der Waals surface area (Å²) in [6.07, 6.45) is 0. The SMILES string of the molecule is Cc1cc(NC(=O)CN2CCN(C(=O)c3cc(Br)ccc3Cl)CC2)no1. The summed E-state index contributed by atoms with van der Waals surface area (Å²) in [6, 6.07) is 6.89. The lowest BCUT2D eigenvalue weighted by atomic mass is 10.2. The first-order chi connectivity index (χ1) is 12.4. The molecule has 2 amide bonds. The first kappa shape index (κ1) is 18.9. The number of piperazine rings is 1. The van der Waals surface area contributed by atoms with E-state index in [9.17, 15) is 9.59 Å². The van der Waals surface area contributed by atoms with Gasteiger partial charge in [0.15, 0.2) is 5.82 Å². The van der Waals surface area contributed by atoms with Gasteiger partial charge in [-0.1, -0.05) is 32.7 Å². The number of aromatic nitrogens is 1. The van der Waals surface area contributed by atoms with E-state index in [2.05, 4.69) is 26.4 Å².